The molecule has 0 spiro atoms. The summed E-state index contributed by atoms with van der Waals surface area (Å²) in [5, 5.41) is 6.51. The van der Waals surface area contributed by atoms with Gasteiger partial charge in [-0.1, -0.05) is 11.6 Å². The van der Waals surface area contributed by atoms with Crippen molar-refractivity contribution in [2.75, 3.05) is 26.3 Å². The van der Waals surface area contributed by atoms with Crippen molar-refractivity contribution >= 4 is 23.4 Å². The summed E-state index contributed by atoms with van der Waals surface area (Å²) >= 11 is 5.88. The van der Waals surface area contributed by atoms with Gasteiger partial charge in [-0.05, 0) is 37.4 Å². The monoisotopic (exact) mass is 323 g/mol. The van der Waals surface area contributed by atoms with Crippen molar-refractivity contribution in [2.24, 2.45) is 0 Å². The van der Waals surface area contributed by atoms with Crippen molar-refractivity contribution < 1.29 is 14.3 Å². The number of carbonyl (C=O) groups is 2. The smallest absolute Gasteiger partial charge is 0.268 e. The van der Waals surface area contributed by atoms with Crippen molar-refractivity contribution in [1.29, 1.82) is 0 Å². The molecule has 0 bridgehead atoms. The fourth-order valence-electron chi connectivity index (χ4n) is 2.82. The van der Waals surface area contributed by atoms with Crippen molar-refractivity contribution in [2.45, 2.75) is 18.4 Å². The molecule has 2 aliphatic rings. The molecule has 2 aliphatic heterocycles. The molecule has 22 heavy (non-hydrogen) atoms. The maximum absolute atomic E-state index is 12.9. The molecule has 0 atom stereocenters. The molecule has 1 aromatic carbocycles. The van der Waals surface area contributed by atoms with Gasteiger partial charge in [0, 0.05) is 17.9 Å². The highest BCUT2D eigenvalue weighted by atomic mass is 35.5. The zero-order valence-electron chi connectivity index (χ0n) is 12.1. The molecule has 0 saturated carbocycles. The van der Waals surface area contributed by atoms with Gasteiger partial charge >= 0.3 is 0 Å². The molecular weight excluding hydrogens is 306 g/mol. The van der Waals surface area contributed by atoms with E-state index >= 15 is 0 Å². The predicted molar refractivity (Wildman–Crippen MR) is 81.6 cm³/mol. The highest BCUT2D eigenvalue weighted by molar-refractivity contribution is 6.30. The zero-order chi connectivity index (χ0) is 15.6. The first kappa shape index (κ1) is 15.1. The van der Waals surface area contributed by atoms with Gasteiger partial charge in [-0.15, -0.1) is 0 Å². The second-order valence-electron chi connectivity index (χ2n) is 5.56. The van der Waals surface area contributed by atoms with Crippen LogP contribution < -0.4 is 15.4 Å². The molecule has 7 heteroatoms. The Bertz CT molecular complexity index is 570. The van der Waals surface area contributed by atoms with E-state index < -0.39 is 5.60 Å². The van der Waals surface area contributed by atoms with Crippen LogP contribution in [-0.2, 0) is 9.59 Å². The van der Waals surface area contributed by atoms with Crippen LogP contribution in [0.4, 0.5) is 0 Å². The standard InChI is InChI=1S/C15H18ClN3O3/c16-11-1-3-12(4-2-11)22-15(5-7-17-8-6-15)14(21)19-9-13(20)18-10-19/h1-4,17H,5-10H2,(H,18,20). The van der Waals surface area contributed by atoms with E-state index in [9.17, 15) is 9.59 Å². The molecule has 2 saturated heterocycles. The van der Waals surface area contributed by atoms with E-state index in [0.717, 1.165) is 0 Å². The van der Waals surface area contributed by atoms with Gasteiger partial charge in [0.25, 0.3) is 5.91 Å². The van der Waals surface area contributed by atoms with Gasteiger partial charge in [0.1, 0.15) is 12.3 Å². The third-order valence-corrected chi connectivity index (χ3v) is 4.27. The normalized spacial score (nSPS) is 20.6. The number of nitrogens with one attached hydrogen (secondary N) is 2. The van der Waals surface area contributed by atoms with E-state index in [0.29, 0.717) is 36.7 Å². The molecule has 2 amide bonds. The number of carbonyl (C=O) groups excluding carboxylic acids is 2. The molecule has 1 aromatic rings. The summed E-state index contributed by atoms with van der Waals surface area (Å²) in [6.07, 6.45) is 1.14. The average molecular weight is 324 g/mol. The van der Waals surface area contributed by atoms with E-state index in [-0.39, 0.29) is 25.0 Å². The van der Waals surface area contributed by atoms with Crippen molar-refractivity contribution in [3.63, 3.8) is 0 Å². The molecule has 6 nitrogen and oxygen atoms in total. The molecule has 2 N–H and O–H groups in total. The van der Waals surface area contributed by atoms with Gasteiger partial charge in [0.2, 0.25) is 5.91 Å². The summed E-state index contributed by atoms with van der Waals surface area (Å²) in [7, 11) is 0. The van der Waals surface area contributed by atoms with E-state index in [1.807, 2.05) is 0 Å². The van der Waals surface area contributed by atoms with Crippen molar-refractivity contribution in [1.82, 2.24) is 15.5 Å². The minimum absolute atomic E-state index is 0.0952. The van der Waals surface area contributed by atoms with Crippen LogP contribution in [0.25, 0.3) is 0 Å². The third-order valence-electron chi connectivity index (χ3n) is 4.02. The molecule has 2 fully saturated rings. The van der Waals surface area contributed by atoms with Crippen molar-refractivity contribution in [3.05, 3.63) is 29.3 Å². The van der Waals surface area contributed by atoms with E-state index in [1.54, 1.807) is 24.3 Å². The summed E-state index contributed by atoms with van der Waals surface area (Å²) in [4.78, 5) is 25.8. The quantitative estimate of drug-likeness (QED) is 0.861. The lowest BCUT2D eigenvalue weighted by molar-refractivity contribution is -0.150. The largest absolute Gasteiger partial charge is 0.477 e. The summed E-state index contributed by atoms with van der Waals surface area (Å²) in [5.41, 5.74) is -0.925. The average Bonchev–Trinajstić information content (AvgIpc) is 2.96. The molecule has 3 rings (SSSR count). The molecule has 0 radical (unpaired) electrons. The fraction of sp³-hybridized carbons (Fsp3) is 0.467. The summed E-state index contributed by atoms with van der Waals surface area (Å²) in [5.74, 6) is 0.337. The van der Waals surface area contributed by atoms with E-state index in [4.69, 9.17) is 16.3 Å². The molecule has 0 unspecified atom stereocenters. The summed E-state index contributed by atoms with van der Waals surface area (Å²) in [6.45, 7) is 1.75. The number of nitrogens with zero attached hydrogens (tertiary/aromatic N) is 1. The van der Waals surface area contributed by atoms with Gasteiger partial charge in [-0.2, -0.15) is 0 Å². The number of amides is 2. The minimum Gasteiger partial charge on any atom is -0.477 e. The lowest BCUT2D eigenvalue weighted by atomic mass is 9.90. The molecule has 118 valence electrons. The number of hydrogen-bond acceptors (Lipinski definition) is 4. The number of piperidine rings is 1. The number of ether oxygens (including phenoxy) is 1. The Kier molecular flexibility index (Phi) is 4.22. The predicted octanol–water partition coefficient (Wildman–Crippen LogP) is 0.757. The van der Waals surface area contributed by atoms with Crippen LogP contribution in [0.5, 0.6) is 5.75 Å². The molecule has 2 heterocycles. The van der Waals surface area contributed by atoms with Crippen LogP contribution in [-0.4, -0.2) is 48.6 Å². The topological polar surface area (TPSA) is 70.7 Å². The van der Waals surface area contributed by atoms with Crippen LogP contribution in [0.2, 0.25) is 5.02 Å². The minimum atomic E-state index is -0.925. The summed E-state index contributed by atoms with van der Waals surface area (Å²) < 4.78 is 6.08. The van der Waals surface area contributed by atoms with Crippen LogP contribution in [0.3, 0.4) is 0 Å². The van der Waals surface area contributed by atoms with Gasteiger partial charge < -0.3 is 20.3 Å². The Labute approximate surface area is 133 Å². The zero-order valence-corrected chi connectivity index (χ0v) is 12.9. The SMILES string of the molecule is O=C1CN(C(=O)C2(Oc3ccc(Cl)cc3)CCNCC2)CN1. The summed E-state index contributed by atoms with van der Waals surface area (Å²) in [6, 6.07) is 6.98. The maximum Gasteiger partial charge on any atom is 0.268 e. The number of hydrogen-bond donors (Lipinski definition) is 2. The lowest BCUT2D eigenvalue weighted by Gasteiger charge is -2.38. The number of halogens is 1. The van der Waals surface area contributed by atoms with Crippen LogP contribution in [0, 0.1) is 0 Å². The molecule has 0 aliphatic carbocycles. The van der Waals surface area contributed by atoms with Gasteiger partial charge in [0.05, 0.1) is 6.67 Å². The van der Waals surface area contributed by atoms with Crippen LogP contribution in [0.1, 0.15) is 12.8 Å². The fourth-order valence-corrected chi connectivity index (χ4v) is 2.94. The number of rotatable bonds is 3. The van der Waals surface area contributed by atoms with Gasteiger partial charge in [0.15, 0.2) is 5.60 Å². The first-order valence-corrected chi connectivity index (χ1v) is 7.68. The lowest BCUT2D eigenvalue weighted by Crippen LogP contribution is -2.57. The molecule has 0 aromatic heterocycles. The van der Waals surface area contributed by atoms with Gasteiger partial charge in [-0.3, -0.25) is 9.59 Å². The Morgan fingerprint density at radius 2 is 1.91 bits per heavy atom. The van der Waals surface area contributed by atoms with Gasteiger partial charge in [-0.25, -0.2) is 0 Å². The van der Waals surface area contributed by atoms with E-state index in [1.165, 1.54) is 4.90 Å². The molecular formula is C15H18ClN3O3. The van der Waals surface area contributed by atoms with E-state index in [2.05, 4.69) is 10.6 Å². The second kappa shape index (κ2) is 6.14. The second-order valence-corrected chi connectivity index (χ2v) is 6.00. The van der Waals surface area contributed by atoms with Crippen molar-refractivity contribution in [3.8, 4) is 5.75 Å². The number of benzene rings is 1. The Balaban J connectivity index is 1.82. The highest BCUT2D eigenvalue weighted by Gasteiger charge is 2.46. The highest BCUT2D eigenvalue weighted by Crippen LogP contribution is 2.29. The third kappa shape index (κ3) is 3.03. The van der Waals surface area contributed by atoms with Crippen LogP contribution in [0.15, 0.2) is 24.3 Å². The Morgan fingerprint density at radius 3 is 2.50 bits per heavy atom. The Hall–Kier alpha value is -1.79. The van der Waals surface area contributed by atoms with Crippen LogP contribution >= 0.6 is 11.6 Å². The first-order chi connectivity index (χ1) is 10.6. The Morgan fingerprint density at radius 1 is 1.23 bits per heavy atom. The maximum atomic E-state index is 12.9. The first-order valence-electron chi connectivity index (χ1n) is 7.30.